The van der Waals surface area contributed by atoms with Crippen molar-refractivity contribution in [3.05, 3.63) is 153 Å². The van der Waals surface area contributed by atoms with E-state index in [1.807, 2.05) is 73.2 Å². The molecule has 0 bridgehead atoms. The van der Waals surface area contributed by atoms with Gasteiger partial charge in [0.25, 0.3) is 12.6 Å². The molecule has 37 heavy (non-hydrogen) atoms. The topological polar surface area (TPSA) is 45.8 Å². The Morgan fingerprint density at radius 1 is 0.838 bits per heavy atom. The van der Waals surface area contributed by atoms with Crippen molar-refractivity contribution in [2.75, 3.05) is 0 Å². The summed E-state index contributed by atoms with van der Waals surface area (Å²) in [6.45, 7) is 14.8. The maximum absolute atomic E-state index is 5.22. The molecule has 0 atom stereocenters. The molecule has 0 spiro atoms. The summed E-state index contributed by atoms with van der Waals surface area (Å²) >= 11 is 0. The first-order valence-electron chi connectivity index (χ1n) is 10.9. The van der Waals surface area contributed by atoms with E-state index in [0.29, 0.717) is 0 Å². The Kier molecular flexibility index (Phi) is 9.97. The van der Waals surface area contributed by atoms with Gasteiger partial charge in [0, 0.05) is 6.72 Å². The molecule has 2 aliphatic heterocycles. The van der Waals surface area contributed by atoms with Gasteiger partial charge in [-0.3, -0.25) is 35.7 Å². The van der Waals surface area contributed by atoms with Crippen molar-refractivity contribution in [3.63, 3.8) is 0 Å². The minimum atomic E-state index is 0. The number of benzene rings is 2. The van der Waals surface area contributed by atoms with Crippen molar-refractivity contribution < 1.29 is 46.8 Å². The number of nitrogens with zero attached hydrogens (tertiary/aromatic N) is 3. The molecule has 0 saturated heterocycles. The Bertz CT molecular complexity index is 1360. The molecule has 3 aliphatic rings. The second-order valence-electron chi connectivity index (χ2n) is 7.36. The zero-order chi connectivity index (χ0) is 25.2. The SMILES string of the molecule is C=[N+]1[CH-]C=[O+][C-]1c1[c-]cccc1.C=[N+]1[CH-]C=[O+][C-]1c1[c-]cccc1.C=[n+]1[cH-]c[o+]/c1=C1/[C-]=CC=C[CH-]1.[Ir+3]. The fourth-order valence-corrected chi connectivity index (χ4v) is 3.14. The van der Waals surface area contributed by atoms with Crippen LogP contribution in [0.3, 0.4) is 0 Å². The maximum Gasteiger partial charge on any atom is 3.00 e. The quantitative estimate of drug-likeness (QED) is 0.180. The van der Waals surface area contributed by atoms with E-state index in [4.69, 9.17) is 13.3 Å². The average molecular weight is 667 g/mol. The molecule has 0 amide bonds. The van der Waals surface area contributed by atoms with Crippen LogP contribution in [0.5, 0.6) is 0 Å². The molecule has 6 rings (SSSR count). The van der Waals surface area contributed by atoms with Crippen LogP contribution in [-0.4, -0.2) is 35.2 Å². The third kappa shape index (κ3) is 7.27. The molecular weight excluding hydrogens is 643 g/mol. The van der Waals surface area contributed by atoms with Crippen molar-refractivity contribution in [2.24, 2.45) is 0 Å². The van der Waals surface area contributed by atoms with E-state index in [1.165, 1.54) is 0 Å². The molecule has 0 unspecified atom stereocenters. The van der Waals surface area contributed by atoms with Crippen LogP contribution in [0.25, 0.3) is 5.57 Å². The summed E-state index contributed by atoms with van der Waals surface area (Å²) in [7, 11) is 0. The number of rotatable bonds is 2. The molecule has 186 valence electrons. The number of allylic oxidation sites excluding steroid dienone is 4. The van der Waals surface area contributed by atoms with E-state index in [2.05, 4.69) is 38.4 Å². The van der Waals surface area contributed by atoms with Gasteiger partial charge < -0.3 is 9.15 Å². The summed E-state index contributed by atoms with van der Waals surface area (Å²) in [5.41, 5.74) is 3.46. The van der Waals surface area contributed by atoms with Gasteiger partial charge in [0.2, 0.25) is 0 Å². The number of aromatic nitrogens is 1. The standard InChI is InChI=1S/3C10H8NO.Ir/c3*1-11-7-8-12-10(11)9-5-3-2-4-6-9;/h3*2-5,7-8H,1H2;/q3*-1;+3/b10-9+;;;. The molecule has 6 nitrogen and oxygen atoms in total. The fourth-order valence-electron chi connectivity index (χ4n) is 3.14. The smallest absolute Gasteiger partial charge is 0.376 e. The summed E-state index contributed by atoms with van der Waals surface area (Å²) in [5, 5.41) is 0. The van der Waals surface area contributed by atoms with Crippen molar-refractivity contribution in [1.29, 1.82) is 0 Å². The van der Waals surface area contributed by atoms with Crippen LogP contribution in [0.15, 0.2) is 83.6 Å². The second kappa shape index (κ2) is 13.6. The number of oxazole rings is 1. The Balaban J connectivity index is 0.000000152. The van der Waals surface area contributed by atoms with Gasteiger partial charge in [0.05, 0.1) is 13.1 Å². The summed E-state index contributed by atoms with van der Waals surface area (Å²) < 4.78 is 20.7. The molecular formula is C30H24IrN3O3. The molecule has 1 aliphatic carbocycles. The Labute approximate surface area is 230 Å². The predicted octanol–water partition coefficient (Wildman–Crippen LogP) is 2.38. The van der Waals surface area contributed by atoms with Gasteiger partial charge >= 0.3 is 44.4 Å². The summed E-state index contributed by atoms with van der Waals surface area (Å²) in [6.07, 6.45) is 18.7. The molecule has 3 heterocycles. The molecule has 0 N–H and O–H groups in total. The van der Waals surface area contributed by atoms with E-state index in [0.717, 1.165) is 34.7 Å². The zero-order valence-corrected chi connectivity index (χ0v) is 22.3. The number of hydrogen-bond acceptors (Lipinski definition) is 0. The van der Waals surface area contributed by atoms with Crippen LogP contribution in [0.2, 0.25) is 0 Å². The predicted molar refractivity (Wildman–Crippen MR) is 135 cm³/mol. The van der Waals surface area contributed by atoms with E-state index >= 15 is 0 Å². The molecule has 0 radical (unpaired) electrons. The first kappa shape index (κ1) is 27.1. The monoisotopic (exact) mass is 667 g/mol. The Morgan fingerprint density at radius 2 is 1.43 bits per heavy atom. The summed E-state index contributed by atoms with van der Waals surface area (Å²) in [6, 6.07) is 21.4. The summed E-state index contributed by atoms with van der Waals surface area (Å²) in [5.74, 6) is 0. The number of hydrogen-bond donors (Lipinski definition) is 0. The van der Waals surface area contributed by atoms with Crippen LogP contribution in [0.1, 0.15) is 11.1 Å². The first-order valence-corrected chi connectivity index (χ1v) is 10.9. The van der Waals surface area contributed by atoms with Gasteiger partial charge in [-0.2, -0.15) is 0 Å². The van der Waals surface area contributed by atoms with Crippen LogP contribution >= 0.6 is 0 Å². The molecule has 7 heteroatoms. The van der Waals surface area contributed by atoms with Gasteiger partial charge in [0.15, 0.2) is 6.20 Å². The second-order valence-corrected chi connectivity index (χ2v) is 7.36. The molecule has 0 fully saturated rings. The Hall–Kier alpha value is -4.45. The van der Waals surface area contributed by atoms with Crippen LogP contribution < -0.4 is 9.79 Å². The van der Waals surface area contributed by atoms with E-state index in [1.54, 1.807) is 51.5 Å². The van der Waals surface area contributed by atoms with E-state index in [9.17, 15) is 0 Å². The molecule has 3 aromatic rings. The van der Waals surface area contributed by atoms with Gasteiger partial charge in [0.1, 0.15) is 0 Å². The minimum Gasteiger partial charge on any atom is -0.376 e. The van der Waals surface area contributed by atoms with Gasteiger partial charge in [-0.05, 0) is 0 Å². The van der Waals surface area contributed by atoms with Gasteiger partial charge in [-0.1, -0.05) is 13.4 Å². The van der Waals surface area contributed by atoms with Crippen molar-refractivity contribution in [1.82, 2.24) is 0 Å². The van der Waals surface area contributed by atoms with E-state index in [-0.39, 0.29) is 20.1 Å². The molecule has 0 saturated carbocycles. The molecule has 2 aromatic carbocycles. The Morgan fingerprint density at radius 3 is 1.81 bits per heavy atom. The third-order valence-electron chi connectivity index (χ3n) is 4.86. The zero-order valence-electron chi connectivity index (χ0n) is 19.9. The van der Waals surface area contributed by atoms with Crippen molar-refractivity contribution >= 4 is 31.6 Å². The van der Waals surface area contributed by atoms with Crippen LogP contribution in [0.4, 0.5) is 0 Å². The first-order chi connectivity index (χ1) is 17.6. The van der Waals surface area contributed by atoms with E-state index < -0.39 is 0 Å². The third-order valence-corrected chi connectivity index (χ3v) is 4.86. The van der Waals surface area contributed by atoms with Crippen LogP contribution in [-0.2, 0) is 29.0 Å². The van der Waals surface area contributed by atoms with Crippen LogP contribution in [0, 0.1) is 56.9 Å². The number of aldehydes is 2. The largest absolute Gasteiger partial charge is 3.00 e. The van der Waals surface area contributed by atoms with Gasteiger partial charge in [-0.15, -0.1) is 16.7 Å². The minimum absolute atomic E-state index is 0. The normalized spacial score (nSPS) is 16.0. The number of carbonyl (C=O) groups excluding carboxylic acids is 2. The summed E-state index contributed by atoms with van der Waals surface area (Å²) in [4.78, 5) is 0. The van der Waals surface area contributed by atoms with Crippen molar-refractivity contribution in [3.8, 4) is 0 Å². The van der Waals surface area contributed by atoms with Gasteiger partial charge in [-0.25, -0.2) is 73.2 Å². The fraction of sp³-hybridized carbons (Fsp3) is 0. The molecule has 1 aromatic heterocycles. The van der Waals surface area contributed by atoms with Crippen molar-refractivity contribution in [2.45, 2.75) is 0 Å². The average Bonchev–Trinajstić information content (AvgIpc) is 3.67. The maximum atomic E-state index is 5.22.